The quantitative estimate of drug-likeness (QED) is 0.306. The van der Waals surface area contributed by atoms with Gasteiger partial charge in [-0.25, -0.2) is 9.37 Å². The highest BCUT2D eigenvalue weighted by molar-refractivity contribution is 14.0. The number of ether oxygens (including phenoxy) is 2. The van der Waals surface area contributed by atoms with Crippen LogP contribution in [-0.4, -0.2) is 41.8 Å². The number of guanidine groups is 1. The van der Waals surface area contributed by atoms with E-state index in [2.05, 4.69) is 20.6 Å². The van der Waals surface area contributed by atoms with Crippen molar-refractivity contribution in [2.24, 2.45) is 4.99 Å². The topological polar surface area (TPSA) is 72.7 Å². The van der Waals surface area contributed by atoms with Crippen molar-refractivity contribution in [3.05, 3.63) is 72.6 Å². The van der Waals surface area contributed by atoms with E-state index in [1.54, 1.807) is 36.4 Å². The Bertz CT molecular complexity index is 997. The Kier molecular flexibility index (Phi) is 7.50. The lowest BCUT2D eigenvalue weighted by Gasteiger charge is -2.27. The van der Waals surface area contributed by atoms with E-state index in [1.807, 2.05) is 30.3 Å². The van der Waals surface area contributed by atoms with E-state index >= 15 is 0 Å². The summed E-state index contributed by atoms with van der Waals surface area (Å²) in [7, 11) is 1.69. The molecule has 0 amide bonds. The molecule has 1 atom stereocenters. The zero-order chi connectivity index (χ0) is 20.1. The van der Waals surface area contributed by atoms with Crippen molar-refractivity contribution in [3.63, 3.8) is 0 Å². The molecule has 3 aromatic rings. The van der Waals surface area contributed by atoms with Gasteiger partial charge in [-0.1, -0.05) is 18.2 Å². The molecule has 1 aliphatic rings. The molecule has 0 radical (unpaired) electrons. The number of fused-ring (bicyclic) bond motifs is 1. The smallest absolute Gasteiger partial charge is 0.191 e. The van der Waals surface area contributed by atoms with Crippen LogP contribution in [0.5, 0.6) is 11.5 Å². The van der Waals surface area contributed by atoms with Gasteiger partial charge in [0.05, 0.1) is 18.6 Å². The van der Waals surface area contributed by atoms with E-state index in [0.29, 0.717) is 31.3 Å². The lowest BCUT2D eigenvalue weighted by atomic mass is 10.2. The predicted octanol–water partition coefficient (Wildman–Crippen LogP) is 3.13. The van der Waals surface area contributed by atoms with Crippen LogP contribution in [0, 0.1) is 5.82 Å². The van der Waals surface area contributed by atoms with E-state index in [9.17, 15) is 4.39 Å². The third kappa shape index (κ3) is 5.21. The molecule has 1 aromatic heterocycles. The van der Waals surface area contributed by atoms with Gasteiger partial charge in [-0.15, -0.1) is 24.0 Å². The van der Waals surface area contributed by atoms with Crippen molar-refractivity contribution in [1.29, 1.82) is 0 Å². The van der Waals surface area contributed by atoms with Crippen LogP contribution in [0.15, 0.2) is 66.2 Å². The van der Waals surface area contributed by atoms with Gasteiger partial charge in [-0.2, -0.15) is 0 Å². The van der Waals surface area contributed by atoms with Crippen molar-refractivity contribution >= 4 is 29.9 Å². The van der Waals surface area contributed by atoms with E-state index < -0.39 is 0 Å². The van der Waals surface area contributed by atoms with Crippen LogP contribution in [0.1, 0.15) is 5.56 Å². The van der Waals surface area contributed by atoms with Gasteiger partial charge in [-0.3, -0.25) is 4.99 Å². The van der Waals surface area contributed by atoms with E-state index in [-0.39, 0.29) is 35.9 Å². The maximum Gasteiger partial charge on any atom is 0.191 e. The van der Waals surface area contributed by atoms with E-state index in [4.69, 9.17) is 9.47 Å². The van der Waals surface area contributed by atoms with Gasteiger partial charge in [-0.05, 0) is 29.8 Å². The molecule has 158 valence electrons. The maximum atomic E-state index is 14.4. The maximum absolute atomic E-state index is 14.4. The molecule has 0 saturated heterocycles. The van der Waals surface area contributed by atoms with Gasteiger partial charge >= 0.3 is 0 Å². The number of rotatable bonds is 5. The van der Waals surface area contributed by atoms with Gasteiger partial charge in [0, 0.05) is 26.0 Å². The van der Waals surface area contributed by atoms with Gasteiger partial charge < -0.3 is 24.7 Å². The third-order valence-corrected chi connectivity index (χ3v) is 4.54. The van der Waals surface area contributed by atoms with Crippen LogP contribution in [0.3, 0.4) is 0 Å². The highest BCUT2D eigenvalue weighted by Crippen LogP contribution is 2.30. The Morgan fingerprint density at radius 1 is 1.23 bits per heavy atom. The fourth-order valence-electron chi connectivity index (χ4n) is 3.05. The van der Waals surface area contributed by atoms with Gasteiger partial charge in [0.25, 0.3) is 0 Å². The minimum absolute atomic E-state index is 0. The summed E-state index contributed by atoms with van der Waals surface area (Å²) in [4.78, 5) is 8.15. The number of nitrogens with one attached hydrogen (secondary N) is 2. The van der Waals surface area contributed by atoms with Crippen LogP contribution < -0.4 is 20.1 Å². The molecule has 2 heterocycles. The summed E-state index contributed by atoms with van der Waals surface area (Å²) in [6, 6.07) is 12.7. The SMILES string of the molecule is CN=C(NCc1ccc(-n2ccnc2)c(F)c1)NCC1COc2ccccc2O1.I. The van der Waals surface area contributed by atoms with Crippen molar-refractivity contribution in [2.45, 2.75) is 12.6 Å². The Balaban J connectivity index is 0.00000256. The van der Waals surface area contributed by atoms with E-state index in [0.717, 1.165) is 17.1 Å². The Hall–Kier alpha value is -2.82. The van der Waals surface area contributed by atoms with E-state index in [1.165, 1.54) is 6.07 Å². The fraction of sp³-hybridized carbons (Fsp3) is 0.238. The summed E-state index contributed by atoms with van der Waals surface area (Å²) in [6.45, 7) is 1.43. The molecule has 2 N–H and O–H groups in total. The van der Waals surface area contributed by atoms with Gasteiger partial charge in [0.15, 0.2) is 17.5 Å². The first kappa shape index (κ1) is 21.9. The highest BCUT2D eigenvalue weighted by atomic mass is 127. The van der Waals surface area contributed by atoms with Crippen molar-refractivity contribution in [2.75, 3.05) is 20.2 Å². The molecule has 0 saturated carbocycles. The summed E-state index contributed by atoms with van der Waals surface area (Å²) in [6.07, 6.45) is 4.76. The molecule has 30 heavy (non-hydrogen) atoms. The molecule has 0 bridgehead atoms. The molecule has 9 heteroatoms. The summed E-state index contributed by atoms with van der Waals surface area (Å²) in [5.41, 5.74) is 1.27. The Morgan fingerprint density at radius 2 is 2.07 bits per heavy atom. The molecule has 1 aliphatic heterocycles. The average Bonchev–Trinajstić information content (AvgIpc) is 3.28. The second kappa shape index (κ2) is 10.3. The zero-order valence-corrected chi connectivity index (χ0v) is 18.7. The number of halogens is 2. The number of aliphatic imine (C=N–C) groups is 1. The third-order valence-electron chi connectivity index (χ3n) is 4.54. The first-order valence-corrected chi connectivity index (χ1v) is 9.32. The van der Waals surface area contributed by atoms with Crippen LogP contribution in [0.2, 0.25) is 0 Å². The molecule has 0 spiro atoms. The average molecular weight is 523 g/mol. The number of nitrogens with zero attached hydrogens (tertiary/aromatic N) is 3. The monoisotopic (exact) mass is 523 g/mol. The van der Waals surface area contributed by atoms with Crippen LogP contribution in [-0.2, 0) is 6.54 Å². The summed E-state index contributed by atoms with van der Waals surface area (Å²) in [5, 5.41) is 6.40. The largest absolute Gasteiger partial charge is 0.486 e. The predicted molar refractivity (Wildman–Crippen MR) is 123 cm³/mol. The van der Waals surface area contributed by atoms with Crippen LogP contribution >= 0.6 is 24.0 Å². The Labute approximate surface area is 191 Å². The summed E-state index contributed by atoms with van der Waals surface area (Å²) < 4.78 is 27.7. The molecular weight excluding hydrogens is 500 g/mol. The lowest BCUT2D eigenvalue weighted by Crippen LogP contribution is -2.45. The first-order valence-electron chi connectivity index (χ1n) is 9.32. The number of hydrogen-bond acceptors (Lipinski definition) is 4. The minimum atomic E-state index is -0.309. The normalized spacial score (nSPS) is 15.3. The van der Waals surface area contributed by atoms with Crippen LogP contribution in [0.25, 0.3) is 5.69 Å². The molecule has 7 nitrogen and oxygen atoms in total. The minimum Gasteiger partial charge on any atom is -0.486 e. The number of benzene rings is 2. The van der Waals surface area contributed by atoms with Gasteiger partial charge in [0.1, 0.15) is 18.5 Å². The second-order valence-electron chi connectivity index (χ2n) is 6.56. The molecule has 4 rings (SSSR count). The first-order chi connectivity index (χ1) is 14.2. The molecule has 2 aromatic carbocycles. The molecule has 1 unspecified atom stereocenters. The van der Waals surface area contributed by atoms with Crippen molar-refractivity contribution < 1.29 is 13.9 Å². The molecule has 0 aliphatic carbocycles. The molecular formula is C21H23FIN5O2. The number of para-hydroxylation sites is 2. The highest BCUT2D eigenvalue weighted by Gasteiger charge is 2.20. The van der Waals surface area contributed by atoms with Crippen LogP contribution in [0.4, 0.5) is 4.39 Å². The Morgan fingerprint density at radius 3 is 2.80 bits per heavy atom. The number of imidazole rings is 1. The van der Waals surface area contributed by atoms with Gasteiger partial charge in [0.2, 0.25) is 0 Å². The fourth-order valence-corrected chi connectivity index (χ4v) is 3.05. The number of aromatic nitrogens is 2. The second-order valence-corrected chi connectivity index (χ2v) is 6.56. The lowest BCUT2D eigenvalue weighted by molar-refractivity contribution is 0.0936. The zero-order valence-electron chi connectivity index (χ0n) is 16.4. The van der Waals surface area contributed by atoms with Crippen molar-refractivity contribution in [3.8, 4) is 17.2 Å². The number of hydrogen-bond donors (Lipinski definition) is 2. The standard InChI is InChI=1S/C21H22FN5O2.HI/c1-23-21(26-12-16-13-28-19-4-2-3-5-20(19)29-16)25-11-15-6-7-18(17(22)10-15)27-9-8-24-14-27;/h2-10,14,16H,11-13H2,1H3,(H2,23,25,26);1H. The van der Waals surface area contributed by atoms with Crippen molar-refractivity contribution in [1.82, 2.24) is 20.2 Å². The summed E-state index contributed by atoms with van der Waals surface area (Å²) in [5.74, 6) is 1.79. The summed E-state index contributed by atoms with van der Waals surface area (Å²) >= 11 is 0. The molecule has 0 fully saturated rings.